The van der Waals surface area contributed by atoms with Gasteiger partial charge in [0.2, 0.25) is 5.91 Å². The second-order valence-electron chi connectivity index (χ2n) is 4.05. The third-order valence-corrected chi connectivity index (χ3v) is 2.52. The summed E-state index contributed by atoms with van der Waals surface area (Å²) in [5.74, 6) is -1.02. The van der Waals surface area contributed by atoms with E-state index in [1.54, 1.807) is 20.8 Å². The second-order valence-corrected chi connectivity index (χ2v) is 4.05. The molecule has 18 heavy (non-hydrogen) atoms. The van der Waals surface area contributed by atoms with Crippen molar-refractivity contribution in [3.8, 4) is 0 Å². The molecule has 0 saturated heterocycles. The van der Waals surface area contributed by atoms with Crippen LogP contribution in [0, 0.1) is 12.7 Å². The lowest BCUT2D eigenvalue weighted by Gasteiger charge is -2.14. The van der Waals surface area contributed by atoms with Gasteiger partial charge in [-0.2, -0.15) is 0 Å². The Balaban J connectivity index is 2.73. The van der Waals surface area contributed by atoms with Gasteiger partial charge in [0.15, 0.2) is 0 Å². The molecule has 1 aromatic rings. The summed E-state index contributed by atoms with van der Waals surface area (Å²) in [6.45, 7) is 5.56. The lowest BCUT2D eigenvalue weighted by Crippen LogP contribution is -2.44. The monoisotopic (exact) mass is 252 g/mol. The fourth-order valence-electron chi connectivity index (χ4n) is 1.55. The fraction of sp³-hybridized carbons (Fsp3) is 0.385. The zero-order chi connectivity index (χ0) is 13.7. The minimum absolute atomic E-state index is 0.245. The summed E-state index contributed by atoms with van der Waals surface area (Å²) in [6.07, 6.45) is 0. The van der Waals surface area contributed by atoms with Gasteiger partial charge in [-0.15, -0.1) is 0 Å². The van der Waals surface area contributed by atoms with Crippen LogP contribution >= 0.6 is 0 Å². The molecule has 0 spiro atoms. The first kappa shape index (κ1) is 14.2. The standard InChI is InChI=1S/C13H17FN2O2/c1-4-15-12(17)9(3)16-13(18)11-6-5-10(14)7-8(11)2/h5-7,9H,4H2,1-3H3,(H,15,17)(H,16,18). The highest BCUT2D eigenvalue weighted by atomic mass is 19.1. The molecular weight excluding hydrogens is 235 g/mol. The fourth-order valence-corrected chi connectivity index (χ4v) is 1.55. The van der Waals surface area contributed by atoms with Crippen LogP contribution in [0.15, 0.2) is 18.2 Å². The molecule has 0 bridgehead atoms. The highest BCUT2D eigenvalue weighted by Crippen LogP contribution is 2.10. The van der Waals surface area contributed by atoms with Gasteiger partial charge in [0.05, 0.1) is 0 Å². The molecule has 0 radical (unpaired) electrons. The van der Waals surface area contributed by atoms with E-state index < -0.39 is 6.04 Å². The molecule has 0 saturated carbocycles. The van der Waals surface area contributed by atoms with Crippen LogP contribution in [-0.4, -0.2) is 24.4 Å². The number of rotatable bonds is 4. The third kappa shape index (κ3) is 3.55. The predicted molar refractivity (Wildman–Crippen MR) is 66.7 cm³/mol. The van der Waals surface area contributed by atoms with Gasteiger partial charge in [0.1, 0.15) is 11.9 Å². The number of halogens is 1. The Bertz CT molecular complexity index is 460. The summed E-state index contributed by atoms with van der Waals surface area (Å²) in [4.78, 5) is 23.3. The van der Waals surface area contributed by atoms with Crippen LogP contribution in [0.3, 0.4) is 0 Å². The number of benzene rings is 1. The number of likely N-dealkylation sites (N-methyl/N-ethyl adjacent to an activating group) is 1. The second kappa shape index (κ2) is 6.14. The van der Waals surface area contributed by atoms with E-state index in [9.17, 15) is 14.0 Å². The smallest absolute Gasteiger partial charge is 0.252 e. The molecular formula is C13H17FN2O2. The minimum atomic E-state index is -0.623. The molecule has 2 amide bonds. The molecule has 5 heteroatoms. The predicted octanol–water partition coefficient (Wildman–Crippen LogP) is 1.39. The molecule has 1 aromatic carbocycles. The first-order valence-corrected chi connectivity index (χ1v) is 5.80. The van der Waals surface area contributed by atoms with Crippen molar-refractivity contribution in [3.63, 3.8) is 0 Å². The molecule has 0 aliphatic rings. The molecule has 4 nitrogen and oxygen atoms in total. The van der Waals surface area contributed by atoms with E-state index in [0.29, 0.717) is 17.7 Å². The van der Waals surface area contributed by atoms with Crippen LogP contribution in [0.1, 0.15) is 29.8 Å². The van der Waals surface area contributed by atoms with Gasteiger partial charge in [-0.1, -0.05) is 0 Å². The topological polar surface area (TPSA) is 58.2 Å². The number of amides is 2. The van der Waals surface area contributed by atoms with Crippen molar-refractivity contribution < 1.29 is 14.0 Å². The van der Waals surface area contributed by atoms with Crippen molar-refractivity contribution in [2.75, 3.05) is 6.54 Å². The molecule has 98 valence electrons. The Labute approximate surface area is 106 Å². The molecule has 0 aromatic heterocycles. The van der Waals surface area contributed by atoms with Gasteiger partial charge in [0, 0.05) is 12.1 Å². The first-order chi connectivity index (χ1) is 8.45. The average molecular weight is 252 g/mol. The highest BCUT2D eigenvalue weighted by Gasteiger charge is 2.17. The molecule has 0 fully saturated rings. The highest BCUT2D eigenvalue weighted by molar-refractivity contribution is 5.98. The summed E-state index contributed by atoms with van der Waals surface area (Å²) in [5.41, 5.74) is 0.906. The maximum atomic E-state index is 12.9. The van der Waals surface area contributed by atoms with E-state index in [1.165, 1.54) is 18.2 Å². The summed E-state index contributed by atoms with van der Waals surface area (Å²) in [5, 5.41) is 5.18. The zero-order valence-electron chi connectivity index (χ0n) is 10.7. The zero-order valence-corrected chi connectivity index (χ0v) is 10.7. The Morgan fingerprint density at radius 2 is 2.06 bits per heavy atom. The summed E-state index contributed by atoms with van der Waals surface area (Å²) < 4.78 is 12.9. The lowest BCUT2D eigenvalue weighted by molar-refractivity contribution is -0.122. The van der Waals surface area contributed by atoms with Crippen LogP contribution in [0.4, 0.5) is 4.39 Å². The summed E-state index contributed by atoms with van der Waals surface area (Å²) in [6, 6.07) is 3.29. The Morgan fingerprint density at radius 3 is 2.61 bits per heavy atom. The normalized spacial score (nSPS) is 11.8. The van der Waals surface area contributed by atoms with E-state index in [0.717, 1.165) is 0 Å². The van der Waals surface area contributed by atoms with Gasteiger partial charge < -0.3 is 10.6 Å². The Morgan fingerprint density at radius 1 is 1.39 bits per heavy atom. The van der Waals surface area contributed by atoms with Crippen LogP contribution in [0.25, 0.3) is 0 Å². The van der Waals surface area contributed by atoms with E-state index in [4.69, 9.17) is 0 Å². The quantitative estimate of drug-likeness (QED) is 0.850. The lowest BCUT2D eigenvalue weighted by atomic mass is 10.1. The molecule has 0 heterocycles. The van der Waals surface area contributed by atoms with Crippen molar-refractivity contribution in [2.45, 2.75) is 26.8 Å². The first-order valence-electron chi connectivity index (χ1n) is 5.80. The van der Waals surface area contributed by atoms with Crippen LogP contribution in [-0.2, 0) is 4.79 Å². The Hall–Kier alpha value is -1.91. The average Bonchev–Trinajstić information content (AvgIpc) is 2.28. The Kier molecular flexibility index (Phi) is 4.83. The van der Waals surface area contributed by atoms with Crippen molar-refractivity contribution in [3.05, 3.63) is 35.1 Å². The van der Waals surface area contributed by atoms with Gasteiger partial charge in [-0.05, 0) is 44.5 Å². The van der Waals surface area contributed by atoms with Gasteiger partial charge >= 0.3 is 0 Å². The van der Waals surface area contributed by atoms with E-state index in [1.807, 2.05) is 0 Å². The molecule has 1 unspecified atom stereocenters. The van der Waals surface area contributed by atoms with Gasteiger partial charge in [0.25, 0.3) is 5.91 Å². The number of hydrogen-bond acceptors (Lipinski definition) is 2. The SMILES string of the molecule is CCNC(=O)C(C)NC(=O)c1ccc(F)cc1C. The van der Waals surface area contributed by atoms with Crippen molar-refractivity contribution >= 4 is 11.8 Å². The largest absolute Gasteiger partial charge is 0.355 e. The maximum Gasteiger partial charge on any atom is 0.252 e. The number of carbonyl (C=O) groups excluding carboxylic acids is 2. The maximum absolute atomic E-state index is 12.9. The van der Waals surface area contributed by atoms with E-state index >= 15 is 0 Å². The third-order valence-electron chi connectivity index (χ3n) is 2.52. The van der Waals surface area contributed by atoms with Crippen molar-refractivity contribution in [1.29, 1.82) is 0 Å². The molecule has 0 aliphatic heterocycles. The van der Waals surface area contributed by atoms with Crippen LogP contribution in [0.5, 0.6) is 0 Å². The van der Waals surface area contributed by atoms with Gasteiger partial charge in [-0.3, -0.25) is 9.59 Å². The van der Waals surface area contributed by atoms with E-state index in [-0.39, 0.29) is 17.6 Å². The molecule has 1 rings (SSSR count). The summed E-state index contributed by atoms with van der Waals surface area (Å²) >= 11 is 0. The van der Waals surface area contributed by atoms with Crippen LogP contribution in [0.2, 0.25) is 0 Å². The summed E-state index contributed by atoms with van der Waals surface area (Å²) in [7, 11) is 0. The number of carbonyl (C=O) groups is 2. The van der Waals surface area contributed by atoms with Crippen molar-refractivity contribution in [1.82, 2.24) is 10.6 Å². The van der Waals surface area contributed by atoms with Crippen LogP contribution < -0.4 is 10.6 Å². The molecule has 0 aliphatic carbocycles. The number of hydrogen-bond donors (Lipinski definition) is 2. The van der Waals surface area contributed by atoms with Crippen molar-refractivity contribution in [2.24, 2.45) is 0 Å². The number of aryl methyl sites for hydroxylation is 1. The minimum Gasteiger partial charge on any atom is -0.355 e. The molecule has 2 N–H and O–H groups in total. The molecule has 1 atom stereocenters. The van der Waals surface area contributed by atoms with E-state index in [2.05, 4.69) is 10.6 Å². The van der Waals surface area contributed by atoms with Gasteiger partial charge in [-0.25, -0.2) is 4.39 Å². The number of nitrogens with one attached hydrogen (secondary N) is 2.